The van der Waals surface area contributed by atoms with Gasteiger partial charge in [-0.3, -0.25) is 4.79 Å². The van der Waals surface area contributed by atoms with Crippen molar-refractivity contribution in [2.24, 2.45) is 0 Å². The lowest BCUT2D eigenvalue weighted by Crippen LogP contribution is -2.21. The molecule has 0 aliphatic carbocycles. The summed E-state index contributed by atoms with van der Waals surface area (Å²) in [4.78, 5) is 12.2. The summed E-state index contributed by atoms with van der Waals surface area (Å²) >= 11 is 1.63. The van der Waals surface area contributed by atoms with Gasteiger partial charge >= 0.3 is 0 Å². The van der Waals surface area contributed by atoms with Crippen LogP contribution >= 0.6 is 11.8 Å². The second kappa shape index (κ2) is 6.27. The summed E-state index contributed by atoms with van der Waals surface area (Å²) in [5.74, 6) is -0.298. The van der Waals surface area contributed by atoms with Gasteiger partial charge in [-0.05, 0) is 24.0 Å². The van der Waals surface area contributed by atoms with Gasteiger partial charge in [0.25, 0.3) is 0 Å². The van der Waals surface area contributed by atoms with Crippen LogP contribution in [0, 0.1) is 0 Å². The minimum Gasteiger partial charge on any atom is -0.376 e. The zero-order valence-corrected chi connectivity index (χ0v) is 9.25. The number of nitrogens with one attached hydrogen (secondary N) is 1. The van der Waals surface area contributed by atoms with Gasteiger partial charge in [0.1, 0.15) is 6.73 Å². The van der Waals surface area contributed by atoms with Crippen LogP contribution in [0.5, 0.6) is 0 Å². The van der Waals surface area contributed by atoms with Crippen molar-refractivity contribution in [1.29, 1.82) is 0 Å². The van der Waals surface area contributed by atoms with E-state index < -0.39 is 0 Å². The molecule has 0 bridgehead atoms. The lowest BCUT2D eigenvalue weighted by Gasteiger charge is -2.01. The van der Waals surface area contributed by atoms with E-state index in [1.807, 2.05) is 30.5 Å². The molecule has 0 saturated heterocycles. The number of thioether (sulfide) groups is 1. The van der Waals surface area contributed by atoms with Gasteiger partial charge in [-0.25, -0.2) is 0 Å². The maximum absolute atomic E-state index is 11.1. The fourth-order valence-corrected chi connectivity index (χ4v) is 1.69. The molecule has 0 saturated carbocycles. The SMILES string of the molecule is CSc1ccccc1C=CC(=O)NCO. The Morgan fingerprint density at radius 2 is 2.27 bits per heavy atom. The Bertz CT molecular complexity index is 363. The molecule has 2 N–H and O–H groups in total. The van der Waals surface area contributed by atoms with E-state index in [2.05, 4.69) is 5.32 Å². The highest BCUT2D eigenvalue weighted by Crippen LogP contribution is 2.20. The van der Waals surface area contributed by atoms with Crippen LogP contribution in [-0.4, -0.2) is 24.0 Å². The Hall–Kier alpha value is -1.26. The maximum Gasteiger partial charge on any atom is 0.245 e. The van der Waals surface area contributed by atoms with Gasteiger partial charge in [0.05, 0.1) is 0 Å². The van der Waals surface area contributed by atoms with Crippen LogP contribution in [0.2, 0.25) is 0 Å². The number of amides is 1. The molecule has 1 aromatic rings. The van der Waals surface area contributed by atoms with Crippen LogP contribution in [-0.2, 0) is 4.79 Å². The van der Waals surface area contributed by atoms with Crippen LogP contribution in [0.25, 0.3) is 6.08 Å². The van der Waals surface area contributed by atoms with Gasteiger partial charge in [0, 0.05) is 11.0 Å². The second-order valence-electron chi connectivity index (χ2n) is 2.77. The highest BCUT2D eigenvalue weighted by atomic mass is 32.2. The molecular weight excluding hydrogens is 210 g/mol. The molecule has 0 radical (unpaired) electrons. The third kappa shape index (κ3) is 3.77. The van der Waals surface area contributed by atoms with Gasteiger partial charge in [0.15, 0.2) is 0 Å². The van der Waals surface area contributed by atoms with E-state index in [-0.39, 0.29) is 12.6 Å². The molecule has 1 aromatic carbocycles. The normalized spacial score (nSPS) is 10.5. The highest BCUT2D eigenvalue weighted by molar-refractivity contribution is 7.98. The minimum absolute atomic E-state index is 0.298. The van der Waals surface area contributed by atoms with E-state index in [1.165, 1.54) is 6.08 Å². The van der Waals surface area contributed by atoms with Gasteiger partial charge in [-0.15, -0.1) is 11.8 Å². The Labute approximate surface area is 93.2 Å². The number of benzene rings is 1. The smallest absolute Gasteiger partial charge is 0.245 e. The maximum atomic E-state index is 11.1. The Morgan fingerprint density at radius 3 is 2.93 bits per heavy atom. The standard InChI is InChI=1S/C11H13NO2S/c1-15-10-5-3-2-4-9(10)6-7-11(14)12-8-13/h2-7,13H,8H2,1H3,(H,12,14). The molecule has 4 heteroatoms. The van der Waals surface area contributed by atoms with Crippen molar-refractivity contribution in [2.75, 3.05) is 13.0 Å². The van der Waals surface area contributed by atoms with Crippen molar-refractivity contribution in [3.63, 3.8) is 0 Å². The van der Waals surface area contributed by atoms with Crippen LogP contribution in [0.15, 0.2) is 35.2 Å². The van der Waals surface area contributed by atoms with E-state index in [0.717, 1.165) is 10.5 Å². The summed E-state index contributed by atoms with van der Waals surface area (Å²) in [6.07, 6.45) is 5.13. The molecule has 0 spiro atoms. The number of carbonyl (C=O) groups excluding carboxylic acids is 1. The number of rotatable bonds is 4. The fraction of sp³-hybridized carbons (Fsp3) is 0.182. The van der Waals surface area contributed by atoms with Crippen LogP contribution in [0.1, 0.15) is 5.56 Å². The van der Waals surface area contributed by atoms with Crippen LogP contribution < -0.4 is 5.32 Å². The summed E-state index contributed by atoms with van der Waals surface area (Å²) < 4.78 is 0. The number of carbonyl (C=O) groups is 1. The highest BCUT2D eigenvalue weighted by Gasteiger charge is 1.97. The third-order valence-electron chi connectivity index (χ3n) is 1.81. The predicted octanol–water partition coefficient (Wildman–Crippen LogP) is 1.49. The van der Waals surface area contributed by atoms with Crippen LogP contribution in [0.3, 0.4) is 0 Å². The van der Waals surface area contributed by atoms with E-state index in [4.69, 9.17) is 5.11 Å². The lowest BCUT2D eigenvalue weighted by molar-refractivity contribution is -0.117. The number of hydrogen-bond acceptors (Lipinski definition) is 3. The van der Waals surface area contributed by atoms with Gasteiger partial charge in [-0.1, -0.05) is 18.2 Å². The van der Waals surface area contributed by atoms with Gasteiger partial charge in [0.2, 0.25) is 5.91 Å². The zero-order valence-electron chi connectivity index (χ0n) is 8.43. The van der Waals surface area contributed by atoms with Crippen molar-refractivity contribution >= 4 is 23.7 Å². The number of aliphatic hydroxyl groups is 1. The molecule has 0 fully saturated rings. The van der Waals surface area contributed by atoms with E-state index >= 15 is 0 Å². The van der Waals surface area contributed by atoms with Gasteiger partial charge < -0.3 is 10.4 Å². The average Bonchev–Trinajstić information content (AvgIpc) is 2.27. The van der Waals surface area contributed by atoms with Gasteiger partial charge in [-0.2, -0.15) is 0 Å². The molecule has 80 valence electrons. The molecule has 0 heterocycles. The van der Waals surface area contributed by atoms with E-state index in [0.29, 0.717) is 0 Å². The third-order valence-corrected chi connectivity index (χ3v) is 2.62. The summed E-state index contributed by atoms with van der Waals surface area (Å²) in [6.45, 7) is -0.340. The predicted molar refractivity (Wildman–Crippen MR) is 62.5 cm³/mol. The number of hydrogen-bond donors (Lipinski definition) is 2. The molecule has 1 amide bonds. The summed E-state index contributed by atoms with van der Waals surface area (Å²) in [6, 6.07) is 7.81. The Morgan fingerprint density at radius 1 is 1.53 bits per heavy atom. The molecule has 0 unspecified atom stereocenters. The summed E-state index contributed by atoms with van der Waals surface area (Å²) in [7, 11) is 0. The summed E-state index contributed by atoms with van der Waals surface area (Å²) in [5.41, 5.74) is 0.998. The first-order valence-electron chi connectivity index (χ1n) is 4.47. The number of aliphatic hydroxyl groups excluding tert-OH is 1. The lowest BCUT2D eigenvalue weighted by atomic mass is 10.2. The molecule has 1 rings (SSSR count). The second-order valence-corrected chi connectivity index (χ2v) is 3.62. The van der Waals surface area contributed by atoms with Crippen molar-refractivity contribution in [3.8, 4) is 0 Å². The topological polar surface area (TPSA) is 49.3 Å². The molecule has 0 aliphatic rings. The van der Waals surface area contributed by atoms with Crippen LogP contribution in [0.4, 0.5) is 0 Å². The molecule has 15 heavy (non-hydrogen) atoms. The zero-order chi connectivity index (χ0) is 11.1. The monoisotopic (exact) mass is 223 g/mol. The Kier molecular flexibility index (Phi) is 4.93. The fourth-order valence-electron chi connectivity index (χ4n) is 1.11. The van der Waals surface area contributed by atoms with Crippen molar-refractivity contribution in [1.82, 2.24) is 5.32 Å². The van der Waals surface area contributed by atoms with E-state index in [1.54, 1.807) is 17.8 Å². The first-order chi connectivity index (χ1) is 7.27. The quantitative estimate of drug-likeness (QED) is 0.462. The first-order valence-corrected chi connectivity index (χ1v) is 5.70. The average molecular weight is 223 g/mol. The molecular formula is C11H13NO2S. The summed E-state index contributed by atoms with van der Waals surface area (Å²) in [5, 5.41) is 10.7. The van der Waals surface area contributed by atoms with Crippen molar-refractivity contribution < 1.29 is 9.90 Å². The largest absolute Gasteiger partial charge is 0.376 e. The first kappa shape index (κ1) is 11.8. The molecule has 0 aromatic heterocycles. The molecule has 0 atom stereocenters. The molecule has 0 aliphatic heterocycles. The Balaban J connectivity index is 2.75. The van der Waals surface area contributed by atoms with E-state index in [9.17, 15) is 4.79 Å². The van der Waals surface area contributed by atoms with Crippen molar-refractivity contribution in [3.05, 3.63) is 35.9 Å². The minimum atomic E-state index is -0.340. The molecule has 3 nitrogen and oxygen atoms in total. The van der Waals surface area contributed by atoms with Crippen molar-refractivity contribution in [2.45, 2.75) is 4.90 Å².